The van der Waals surface area contributed by atoms with E-state index in [1.54, 1.807) is 26.2 Å². The molecule has 0 radical (unpaired) electrons. The Balaban J connectivity index is 0.00000400. The van der Waals surface area contributed by atoms with E-state index in [2.05, 4.69) is 0 Å². The summed E-state index contributed by atoms with van der Waals surface area (Å²) in [7, 11) is 4.94. The fourth-order valence-corrected chi connectivity index (χ4v) is 1.93. The molecular formula is C14H18NNaO4S. The van der Waals surface area contributed by atoms with Crippen LogP contribution in [0.5, 0.6) is 11.5 Å². The number of benzene rings is 1. The van der Waals surface area contributed by atoms with Crippen molar-refractivity contribution in [2.75, 3.05) is 27.8 Å². The Kier molecular flexibility index (Phi) is 9.61. The van der Waals surface area contributed by atoms with E-state index in [4.69, 9.17) is 21.7 Å². The number of thiocarbonyl (C=S) groups is 1. The van der Waals surface area contributed by atoms with Crippen molar-refractivity contribution >= 4 is 23.2 Å². The van der Waals surface area contributed by atoms with Crippen molar-refractivity contribution < 1.29 is 48.9 Å². The first-order valence-electron chi connectivity index (χ1n) is 6.12. The molecular weight excluding hydrogens is 301 g/mol. The number of ether oxygens (including phenoxy) is 2. The molecule has 1 rings (SSSR count). The second-order valence-corrected chi connectivity index (χ2v) is 4.77. The van der Waals surface area contributed by atoms with E-state index >= 15 is 0 Å². The number of carboxylic acids is 1. The topological polar surface area (TPSA) is 61.8 Å². The van der Waals surface area contributed by atoms with Gasteiger partial charge in [-0.3, -0.25) is 0 Å². The van der Waals surface area contributed by atoms with Crippen LogP contribution in [0.2, 0.25) is 0 Å². The van der Waals surface area contributed by atoms with Crippen molar-refractivity contribution in [1.82, 2.24) is 4.90 Å². The van der Waals surface area contributed by atoms with Crippen LogP contribution in [0.4, 0.5) is 0 Å². The average molecular weight is 319 g/mol. The second kappa shape index (κ2) is 10.00. The summed E-state index contributed by atoms with van der Waals surface area (Å²) in [5, 5.41) is 10.5. The molecule has 0 heterocycles. The summed E-state index contributed by atoms with van der Waals surface area (Å²) in [5.74, 6) is 0.190. The van der Waals surface area contributed by atoms with Crippen LogP contribution in [0.25, 0.3) is 0 Å². The molecule has 1 aromatic rings. The number of likely N-dealkylation sites (N-methyl/N-ethyl adjacent to an activating group) is 1. The van der Waals surface area contributed by atoms with E-state index in [9.17, 15) is 9.90 Å². The minimum Gasteiger partial charge on any atom is -0.550 e. The van der Waals surface area contributed by atoms with Gasteiger partial charge in [0.05, 0.1) is 19.2 Å². The van der Waals surface area contributed by atoms with Crippen LogP contribution < -0.4 is 44.1 Å². The summed E-state index contributed by atoms with van der Waals surface area (Å²) in [6, 6.07) is 5.68. The number of carboxylic acid groups (broad SMARTS) is 1. The summed E-state index contributed by atoms with van der Waals surface area (Å²) in [4.78, 5) is 12.6. The number of hydrogen-bond acceptors (Lipinski definition) is 5. The summed E-state index contributed by atoms with van der Waals surface area (Å²) in [5.41, 5.74) is 1.06. The van der Waals surface area contributed by atoms with Crippen LogP contribution in [0.15, 0.2) is 18.2 Å². The van der Waals surface area contributed by atoms with Crippen LogP contribution in [0.1, 0.15) is 12.0 Å². The maximum Gasteiger partial charge on any atom is 1.00 e. The molecule has 0 aliphatic heterocycles. The molecule has 21 heavy (non-hydrogen) atoms. The molecule has 0 aliphatic carbocycles. The quantitative estimate of drug-likeness (QED) is 0.414. The first-order chi connectivity index (χ1) is 9.47. The fourth-order valence-electron chi connectivity index (χ4n) is 1.72. The minimum atomic E-state index is -1.16. The molecule has 0 saturated carbocycles. The largest absolute Gasteiger partial charge is 1.00 e. The van der Waals surface area contributed by atoms with Crippen LogP contribution in [-0.2, 0) is 11.2 Å². The Morgan fingerprint density at radius 2 is 1.90 bits per heavy atom. The van der Waals surface area contributed by atoms with E-state index in [1.807, 2.05) is 18.2 Å². The summed E-state index contributed by atoms with van der Waals surface area (Å²) < 4.78 is 10.4. The van der Waals surface area contributed by atoms with Crippen LogP contribution in [0.3, 0.4) is 0 Å². The van der Waals surface area contributed by atoms with Gasteiger partial charge in [-0.1, -0.05) is 18.3 Å². The van der Waals surface area contributed by atoms with Crippen molar-refractivity contribution in [1.29, 1.82) is 0 Å². The Hall–Kier alpha value is -0.820. The number of rotatable bonds is 7. The third-order valence-corrected chi connectivity index (χ3v) is 3.36. The normalized spacial score (nSPS) is 9.48. The first-order valence-corrected chi connectivity index (χ1v) is 6.53. The molecule has 0 atom stereocenters. The fraction of sp³-hybridized carbons (Fsp3) is 0.429. The SMILES string of the molecule is COc1ccc(CCN(C)C(=S)CC(=O)[O-])cc1OC.[Na+]. The van der Waals surface area contributed by atoms with Gasteiger partial charge >= 0.3 is 29.6 Å². The van der Waals surface area contributed by atoms with Crippen molar-refractivity contribution in [2.45, 2.75) is 12.8 Å². The number of carbonyl (C=O) groups is 1. The van der Waals surface area contributed by atoms with Crippen LogP contribution in [-0.4, -0.2) is 43.7 Å². The standard InChI is InChI=1S/C14H19NO4S.Na/c1-15(13(20)9-14(16)17)7-6-10-4-5-11(18-2)12(8-10)19-3;/h4-5,8H,6-7,9H2,1-3H3,(H,16,17);/q;+1/p-1. The number of carbonyl (C=O) groups excluding carboxylic acids is 1. The molecule has 0 unspecified atom stereocenters. The van der Waals surface area contributed by atoms with Gasteiger partial charge in [-0.2, -0.15) is 0 Å². The van der Waals surface area contributed by atoms with Gasteiger partial charge in [-0.25, -0.2) is 0 Å². The molecule has 7 heteroatoms. The van der Waals surface area contributed by atoms with E-state index in [1.165, 1.54) is 0 Å². The van der Waals surface area contributed by atoms with E-state index in [0.717, 1.165) is 12.0 Å². The molecule has 0 N–H and O–H groups in total. The molecule has 0 amide bonds. The van der Waals surface area contributed by atoms with Crippen molar-refractivity contribution in [3.8, 4) is 11.5 Å². The van der Waals surface area contributed by atoms with Crippen LogP contribution >= 0.6 is 12.2 Å². The molecule has 0 saturated heterocycles. The molecule has 0 spiro atoms. The van der Waals surface area contributed by atoms with Gasteiger partial charge in [0.15, 0.2) is 11.5 Å². The van der Waals surface area contributed by atoms with Gasteiger partial charge in [0, 0.05) is 26.0 Å². The number of hydrogen-bond donors (Lipinski definition) is 0. The first kappa shape index (κ1) is 20.2. The number of aliphatic carboxylic acids is 1. The predicted octanol–water partition coefficient (Wildman–Crippen LogP) is -2.35. The average Bonchev–Trinajstić information content (AvgIpc) is 2.43. The van der Waals surface area contributed by atoms with Gasteiger partial charge in [0.1, 0.15) is 0 Å². The van der Waals surface area contributed by atoms with Gasteiger partial charge in [-0.15, -0.1) is 0 Å². The molecule has 0 bridgehead atoms. The van der Waals surface area contributed by atoms with Crippen molar-refractivity contribution in [3.63, 3.8) is 0 Å². The molecule has 1 aromatic carbocycles. The summed E-state index contributed by atoms with van der Waals surface area (Å²) >= 11 is 5.02. The monoisotopic (exact) mass is 319 g/mol. The minimum absolute atomic E-state index is 0. The van der Waals surface area contributed by atoms with Gasteiger partial charge in [0.25, 0.3) is 0 Å². The molecule has 5 nitrogen and oxygen atoms in total. The molecule has 0 aromatic heterocycles. The van der Waals surface area contributed by atoms with Gasteiger partial charge in [0.2, 0.25) is 0 Å². The maximum atomic E-state index is 10.5. The number of methoxy groups -OCH3 is 2. The Morgan fingerprint density at radius 1 is 1.29 bits per heavy atom. The smallest absolute Gasteiger partial charge is 0.550 e. The van der Waals surface area contributed by atoms with Gasteiger partial charge in [-0.05, 0) is 24.1 Å². The van der Waals surface area contributed by atoms with Crippen molar-refractivity contribution in [2.24, 2.45) is 0 Å². The Labute approximate surface area is 152 Å². The van der Waals surface area contributed by atoms with E-state index in [0.29, 0.717) is 23.0 Å². The Morgan fingerprint density at radius 3 is 2.43 bits per heavy atom. The third-order valence-electron chi connectivity index (χ3n) is 2.91. The van der Waals surface area contributed by atoms with Crippen LogP contribution in [0, 0.1) is 0 Å². The van der Waals surface area contributed by atoms with Gasteiger partial charge < -0.3 is 24.3 Å². The zero-order chi connectivity index (χ0) is 15.1. The van der Waals surface area contributed by atoms with Crippen molar-refractivity contribution in [3.05, 3.63) is 23.8 Å². The van der Waals surface area contributed by atoms with E-state index in [-0.39, 0.29) is 36.0 Å². The molecule has 0 aliphatic rings. The second-order valence-electron chi connectivity index (χ2n) is 4.30. The zero-order valence-electron chi connectivity index (χ0n) is 12.8. The van der Waals surface area contributed by atoms with E-state index < -0.39 is 5.97 Å². The molecule has 110 valence electrons. The number of nitrogens with zero attached hydrogens (tertiary/aromatic N) is 1. The predicted molar refractivity (Wildman–Crippen MR) is 78.1 cm³/mol. The third kappa shape index (κ3) is 6.65. The Bertz CT molecular complexity index is 496. The summed E-state index contributed by atoms with van der Waals surface area (Å²) in [6.07, 6.45) is 0.502. The molecule has 0 fully saturated rings. The maximum absolute atomic E-state index is 10.5. The zero-order valence-corrected chi connectivity index (χ0v) is 15.7. The summed E-state index contributed by atoms with van der Waals surface area (Å²) in [6.45, 7) is 0.627.